The van der Waals surface area contributed by atoms with Crippen LogP contribution in [0.5, 0.6) is 0 Å². The molecule has 0 heterocycles. The molecule has 16 heavy (non-hydrogen) atoms. The lowest BCUT2D eigenvalue weighted by Gasteiger charge is -2.14. The van der Waals surface area contributed by atoms with Crippen molar-refractivity contribution in [2.45, 2.75) is 13.0 Å². The fourth-order valence-corrected chi connectivity index (χ4v) is 1.33. The van der Waals surface area contributed by atoms with Gasteiger partial charge >= 0.3 is 5.97 Å². The van der Waals surface area contributed by atoms with E-state index < -0.39 is 17.9 Å². The molecule has 0 fully saturated rings. The topological polar surface area (TPSA) is 66.8 Å². The van der Waals surface area contributed by atoms with Gasteiger partial charge in [0.05, 0.1) is 13.2 Å². The van der Waals surface area contributed by atoms with E-state index in [0.29, 0.717) is 0 Å². The predicted octanol–water partition coefficient (Wildman–Crippen LogP) is 1.27. The van der Waals surface area contributed by atoms with Crippen molar-refractivity contribution in [3.05, 3.63) is 35.1 Å². The minimum atomic E-state index is -1.38. The summed E-state index contributed by atoms with van der Waals surface area (Å²) >= 11 is 0. The third-order valence-corrected chi connectivity index (χ3v) is 2.03. The van der Waals surface area contributed by atoms with Crippen LogP contribution in [0.1, 0.15) is 17.2 Å². The van der Waals surface area contributed by atoms with Crippen LogP contribution in [0.3, 0.4) is 0 Å². The van der Waals surface area contributed by atoms with Gasteiger partial charge in [0.15, 0.2) is 6.10 Å². The number of carboxylic acid groups (broad SMARTS) is 1. The van der Waals surface area contributed by atoms with E-state index in [4.69, 9.17) is 14.9 Å². The van der Waals surface area contributed by atoms with Crippen molar-refractivity contribution < 1.29 is 24.1 Å². The summed E-state index contributed by atoms with van der Waals surface area (Å²) in [4.78, 5) is 10.9. The molecule has 0 aromatic heterocycles. The monoisotopic (exact) mass is 228 g/mol. The number of carboxylic acids is 1. The highest BCUT2D eigenvalue weighted by Gasteiger charge is 2.23. The molecule has 1 rings (SSSR count). The van der Waals surface area contributed by atoms with Crippen LogP contribution in [0.15, 0.2) is 18.2 Å². The highest BCUT2D eigenvalue weighted by atomic mass is 19.1. The van der Waals surface area contributed by atoms with E-state index in [0.717, 1.165) is 5.56 Å². The molecular formula is C11H13FO4. The predicted molar refractivity (Wildman–Crippen MR) is 54.6 cm³/mol. The lowest BCUT2D eigenvalue weighted by Crippen LogP contribution is -2.18. The van der Waals surface area contributed by atoms with Crippen molar-refractivity contribution in [3.63, 3.8) is 0 Å². The molecule has 1 atom stereocenters. The zero-order valence-electron chi connectivity index (χ0n) is 8.81. The number of halogens is 1. The molecule has 0 saturated heterocycles. The molecule has 2 N–H and O–H groups in total. The Morgan fingerprint density at radius 2 is 2.25 bits per heavy atom. The molecule has 0 amide bonds. The maximum atomic E-state index is 13.4. The standard InChI is InChI=1S/C11H13FO4/c1-7-2-3-9(12)8(6-7)10(11(14)15)16-5-4-13/h2-3,6,10,13H,4-5H2,1H3,(H,14,15). The SMILES string of the molecule is Cc1ccc(F)c(C(OCCO)C(=O)O)c1. The first kappa shape index (κ1) is 12.6. The lowest BCUT2D eigenvalue weighted by molar-refractivity contribution is -0.151. The number of rotatable bonds is 5. The molecule has 0 bridgehead atoms. The van der Waals surface area contributed by atoms with E-state index in [2.05, 4.69) is 0 Å². The minimum absolute atomic E-state index is 0.0269. The molecule has 0 aliphatic rings. The Morgan fingerprint density at radius 3 is 2.81 bits per heavy atom. The number of hydrogen-bond donors (Lipinski definition) is 2. The number of benzene rings is 1. The quantitative estimate of drug-likeness (QED) is 0.796. The summed E-state index contributed by atoms with van der Waals surface area (Å²) in [5, 5.41) is 17.5. The Kier molecular flexibility index (Phi) is 4.39. The molecule has 5 heteroatoms. The Labute approximate surface area is 92.3 Å². The zero-order chi connectivity index (χ0) is 12.1. The number of aryl methyl sites for hydroxylation is 1. The summed E-state index contributed by atoms with van der Waals surface area (Å²) < 4.78 is 18.3. The molecule has 88 valence electrons. The number of carbonyl (C=O) groups is 1. The average Bonchev–Trinajstić information content (AvgIpc) is 2.23. The van der Waals surface area contributed by atoms with Gasteiger partial charge in [-0.15, -0.1) is 0 Å². The first-order chi connectivity index (χ1) is 7.56. The van der Waals surface area contributed by atoms with Crippen LogP contribution in [0, 0.1) is 12.7 Å². The smallest absolute Gasteiger partial charge is 0.337 e. The average molecular weight is 228 g/mol. The summed E-state index contributed by atoms with van der Waals surface area (Å²) in [6.07, 6.45) is -1.38. The fourth-order valence-electron chi connectivity index (χ4n) is 1.33. The third kappa shape index (κ3) is 3.01. The van der Waals surface area contributed by atoms with Crippen molar-refractivity contribution >= 4 is 5.97 Å². The molecule has 0 spiro atoms. The van der Waals surface area contributed by atoms with Gasteiger partial charge in [0.2, 0.25) is 0 Å². The maximum Gasteiger partial charge on any atom is 0.337 e. The first-order valence-corrected chi connectivity index (χ1v) is 4.77. The Bertz CT molecular complexity index is 378. The second kappa shape index (κ2) is 5.58. The van der Waals surface area contributed by atoms with Gasteiger partial charge in [0.1, 0.15) is 5.82 Å². The number of hydrogen-bond acceptors (Lipinski definition) is 3. The van der Waals surface area contributed by atoms with Crippen LogP contribution in [0.4, 0.5) is 4.39 Å². The molecule has 1 aromatic carbocycles. The van der Waals surface area contributed by atoms with Gasteiger partial charge in [-0.25, -0.2) is 9.18 Å². The van der Waals surface area contributed by atoms with E-state index in [1.807, 2.05) is 0 Å². The summed E-state index contributed by atoms with van der Waals surface area (Å²) in [5.41, 5.74) is 0.719. The van der Waals surface area contributed by atoms with Crippen molar-refractivity contribution in [3.8, 4) is 0 Å². The first-order valence-electron chi connectivity index (χ1n) is 4.77. The van der Waals surface area contributed by atoms with Crippen LogP contribution >= 0.6 is 0 Å². The summed E-state index contributed by atoms with van der Waals surface area (Å²) in [6, 6.07) is 4.16. The Hall–Kier alpha value is -1.46. The van der Waals surface area contributed by atoms with Crippen LogP contribution in [0.25, 0.3) is 0 Å². The molecule has 4 nitrogen and oxygen atoms in total. The largest absolute Gasteiger partial charge is 0.479 e. The van der Waals surface area contributed by atoms with E-state index in [-0.39, 0.29) is 18.8 Å². The Morgan fingerprint density at radius 1 is 1.56 bits per heavy atom. The molecule has 0 saturated carbocycles. The van der Waals surface area contributed by atoms with Gasteiger partial charge in [0, 0.05) is 5.56 Å². The highest BCUT2D eigenvalue weighted by molar-refractivity contribution is 5.74. The maximum absolute atomic E-state index is 13.4. The highest BCUT2D eigenvalue weighted by Crippen LogP contribution is 2.22. The van der Waals surface area contributed by atoms with Crippen molar-refractivity contribution in [2.75, 3.05) is 13.2 Å². The third-order valence-electron chi connectivity index (χ3n) is 2.03. The van der Waals surface area contributed by atoms with E-state index >= 15 is 0 Å². The molecule has 0 aliphatic carbocycles. The van der Waals surface area contributed by atoms with Gasteiger partial charge in [-0.1, -0.05) is 11.6 Å². The van der Waals surface area contributed by atoms with E-state index in [9.17, 15) is 9.18 Å². The Balaban J connectivity index is 3.00. The number of aliphatic carboxylic acids is 1. The van der Waals surface area contributed by atoms with Crippen LogP contribution in [0.2, 0.25) is 0 Å². The normalized spacial score (nSPS) is 12.4. The summed E-state index contributed by atoms with van der Waals surface area (Å²) in [5.74, 6) is -1.91. The van der Waals surface area contributed by atoms with E-state index in [1.165, 1.54) is 12.1 Å². The van der Waals surface area contributed by atoms with Gasteiger partial charge in [-0.05, 0) is 19.1 Å². The second-order valence-electron chi connectivity index (χ2n) is 3.34. The van der Waals surface area contributed by atoms with Gasteiger partial charge < -0.3 is 14.9 Å². The molecule has 1 unspecified atom stereocenters. The molecule has 0 radical (unpaired) electrons. The van der Waals surface area contributed by atoms with Gasteiger partial charge in [0.25, 0.3) is 0 Å². The minimum Gasteiger partial charge on any atom is -0.479 e. The van der Waals surface area contributed by atoms with Gasteiger partial charge in [-0.2, -0.15) is 0 Å². The summed E-state index contributed by atoms with van der Waals surface area (Å²) in [7, 11) is 0. The van der Waals surface area contributed by atoms with Crippen molar-refractivity contribution in [2.24, 2.45) is 0 Å². The summed E-state index contributed by atoms with van der Waals surface area (Å²) in [6.45, 7) is 1.27. The van der Waals surface area contributed by atoms with Gasteiger partial charge in [-0.3, -0.25) is 0 Å². The van der Waals surface area contributed by atoms with Crippen molar-refractivity contribution in [1.82, 2.24) is 0 Å². The number of ether oxygens (including phenoxy) is 1. The molecule has 1 aromatic rings. The molecular weight excluding hydrogens is 215 g/mol. The molecule has 0 aliphatic heterocycles. The van der Waals surface area contributed by atoms with Crippen molar-refractivity contribution in [1.29, 1.82) is 0 Å². The zero-order valence-corrected chi connectivity index (χ0v) is 8.81. The van der Waals surface area contributed by atoms with Crippen LogP contribution in [-0.2, 0) is 9.53 Å². The van der Waals surface area contributed by atoms with Crippen LogP contribution < -0.4 is 0 Å². The number of aliphatic hydroxyl groups is 1. The van der Waals surface area contributed by atoms with E-state index in [1.54, 1.807) is 13.0 Å². The lowest BCUT2D eigenvalue weighted by atomic mass is 10.1. The number of aliphatic hydroxyl groups excluding tert-OH is 1. The van der Waals surface area contributed by atoms with Crippen LogP contribution in [-0.4, -0.2) is 29.4 Å². The fraction of sp³-hybridized carbons (Fsp3) is 0.364. The second-order valence-corrected chi connectivity index (χ2v) is 3.34.